The molecule has 1 heterocycles. The van der Waals surface area contributed by atoms with Crippen molar-refractivity contribution in [2.24, 2.45) is 5.92 Å². The molecule has 0 saturated carbocycles. The number of carbonyl (C=O) groups excluding carboxylic acids is 2. The van der Waals surface area contributed by atoms with E-state index in [1.807, 2.05) is 19.2 Å². The van der Waals surface area contributed by atoms with Gasteiger partial charge < -0.3 is 10.0 Å². The minimum absolute atomic E-state index is 0.0578. The quantitative estimate of drug-likeness (QED) is 0.540. The van der Waals surface area contributed by atoms with E-state index in [0.29, 0.717) is 30.5 Å². The molecule has 1 aliphatic carbocycles. The SMILES string of the molecule is CSNc1cc(F)c(C(C)NC(=O)C2CCc3nc(C(C)=O)ccc3C2)cc1C. The molecule has 2 N–H and O–H groups in total. The van der Waals surface area contributed by atoms with Crippen molar-refractivity contribution in [3.05, 3.63) is 58.2 Å². The molecular formula is C22H26FN3O2S. The number of benzene rings is 1. The number of halogens is 1. The first kappa shape index (κ1) is 21.3. The minimum Gasteiger partial charge on any atom is -0.349 e. The predicted octanol–water partition coefficient (Wildman–Crippen LogP) is 4.40. The standard InChI is InChI=1S/C22H26FN3O2S/c1-12-9-17(18(23)11-21(12)26-29-4)13(2)24-22(28)16-6-8-20-15(10-16)5-7-19(25-20)14(3)27/h5,7,9,11,13,16,26H,6,8,10H2,1-4H3,(H,24,28). The molecule has 2 unspecified atom stereocenters. The van der Waals surface area contributed by atoms with Crippen LogP contribution in [0.15, 0.2) is 24.3 Å². The highest BCUT2D eigenvalue weighted by Crippen LogP contribution is 2.28. The molecule has 154 valence electrons. The molecule has 29 heavy (non-hydrogen) atoms. The molecule has 2 aromatic rings. The number of amides is 1. The maximum absolute atomic E-state index is 14.6. The second-order valence-electron chi connectivity index (χ2n) is 7.52. The number of nitrogens with zero attached hydrogens (tertiary/aromatic N) is 1. The third-order valence-corrected chi connectivity index (χ3v) is 5.80. The highest BCUT2D eigenvalue weighted by atomic mass is 32.2. The number of pyridine rings is 1. The van der Waals surface area contributed by atoms with Gasteiger partial charge in [0.15, 0.2) is 5.78 Å². The van der Waals surface area contributed by atoms with Crippen LogP contribution >= 0.6 is 11.9 Å². The first-order chi connectivity index (χ1) is 13.8. The van der Waals surface area contributed by atoms with Gasteiger partial charge in [-0.2, -0.15) is 0 Å². The van der Waals surface area contributed by atoms with Gasteiger partial charge in [-0.05, 0) is 62.4 Å². The number of Topliss-reactive ketones (excluding diaryl/α,β-unsaturated/α-hetero) is 1. The Morgan fingerprint density at radius 3 is 2.76 bits per heavy atom. The minimum atomic E-state index is -0.427. The Hall–Kier alpha value is -2.41. The van der Waals surface area contributed by atoms with Crippen molar-refractivity contribution in [2.45, 2.75) is 46.1 Å². The molecule has 0 spiro atoms. The van der Waals surface area contributed by atoms with Crippen LogP contribution < -0.4 is 10.0 Å². The van der Waals surface area contributed by atoms with E-state index in [-0.39, 0.29) is 23.4 Å². The lowest BCUT2D eigenvalue weighted by Crippen LogP contribution is -2.36. The summed E-state index contributed by atoms with van der Waals surface area (Å²) in [7, 11) is 0. The lowest BCUT2D eigenvalue weighted by atomic mass is 9.85. The molecule has 1 aromatic heterocycles. The van der Waals surface area contributed by atoms with Gasteiger partial charge in [0.25, 0.3) is 0 Å². The Balaban J connectivity index is 1.69. The van der Waals surface area contributed by atoms with E-state index in [1.165, 1.54) is 24.9 Å². The zero-order valence-electron chi connectivity index (χ0n) is 17.1. The summed E-state index contributed by atoms with van der Waals surface area (Å²) in [5.41, 5.74) is 4.50. The van der Waals surface area contributed by atoms with Crippen molar-refractivity contribution in [1.82, 2.24) is 10.3 Å². The highest BCUT2D eigenvalue weighted by Gasteiger charge is 2.27. The maximum Gasteiger partial charge on any atom is 0.223 e. The summed E-state index contributed by atoms with van der Waals surface area (Å²) in [6.07, 6.45) is 3.79. The predicted molar refractivity (Wildman–Crippen MR) is 115 cm³/mol. The van der Waals surface area contributed by atoms with Gasteiger partial charge in [0.2, 0.25) is 5.91 Å². The summed E-state index contributed by atoms with van der Waals surface area (Å²) in [6.45, 7) is 5.21. The van der Waals surface area contributed by atoms with Crippen molar-refractivity contribution in [3.8, 4) is 0 Å². The Morgan fingerprint density at radius 1 is 1.31 bits per heavy atom. The van der Waals surface area contributed by atoms with Gasteiger partial charge in [-0.15, -0.1) is 0 Å². The third kappa shape index (κ3) is 4.78. The van der Waals surface area contributed by atoms with Crippen molar-refractivity contribution >= 4 is 29.3 Å². The van der Waals surface area contributed by atoms with Crippen LogP contribution in [0.1, 0.15) is 59.2 Å². The second kappa shape index (κ2) is 8.95. The van der Waals surface area contributed by atoms with E-state index in [0.717, 1.165) is 22.5 Å². The molecule has 0 fully saturated rings. The van der Waals surface area contributed by atoms with Gasteiger partial charge in [-0.1, -0.05) is 18.0 Å². The molecule has 0 bridgehead atoms. The fourth-order valence-corrected chi connectivity index (χ4v) is 4.14. The lowest BCUT2D eigenvalue weighted by Gasteiger charge is -2.25. The van der Waals surface area contributed by atoms with Crippen LogP contribution in [0.5, 0.6) is 0 Å². The van der Waals surface area contributed by atoms with E-state index in [1.54, 1.807) is 19.1 Å². The average Bonchev–Trinajstić information content (AvgIpc) is 2.69. The molecule has 1 aliphatic rings. The van der Waals surface area contributed by atoms with Crippen LogP contribution in [0.4, 0.5) is 10.1 Å². The molecule has 7 heteroatoms. The van der Waals surface area contributed by atoms with Crippen molar-refractivity contribution in [1.29, 1.82) is 0 Å². The molecule has 3 rings (SSSR count). The summed E-state index contributed by atoms with van der Waals surface area (Å²) in [5, 5.41) is 2.97. The van der Waals surface area contributed by atoms with E-state index < -0.39 is 6.04 Å². The fourth-order valence-electron chi connectivity index (χ4n) is 3.70. The zero-order chi connectivity index (χ0) is 21.1. The van der Waals surface area contributed by atoms with E-state index >= 15 is 0 Å². The molecule has 5 nitrogen and oxygen atoms in total. The summed E-state index contributed by atoms with van der Waals surface area (Å²) in [5.74, 6) is -0.661. The second-order valence-corrected chi connectivity index (χ2v) is 8.14. The summed E-state index contributed by atoms with van der Waals surface area (Å²) in [4.78, 5) is 28.7. The Kier molecular flexibility index (Phi) is 6.57. The normalized spacial score (nSPS) is 16.7. The van der Waals surface area contributed by atoms with Crippen LogP contribution in [0, 0.1) is 18.7 Å². The Bertz CT molecular complexity index is 948. The Labute approximate surface area is 175 Å². The van der Waals surface area contributed by atoms with Crippen LogP contribution in [0.25, 0.3) is 0 Å². The summed E-state index contributed by atoms with van der Waals surface area (Å²) in [6, 6.07) is 6.43. The number of ketones is 1. The lowest BCUT2D eigenvalue weighted by molar-refractivity contribution is -0.126. The number of aromatic nitrogens is 1. The molecule has 0 saturated heterocycles. The molecule has 0 aliphatic heterocycles. The number of hydrogen-bond donors (Lipinski definition) is 2. The summed E-state index contributed by atoms with van der Waals surface area (Å²) < 4.78 is 17.6. The topological polar surface area (TPSA) is 71.1 Å². The van der Waals surface area contributed by atoms with Gasteiger partial charge in [0.1, 0.15) is 11.5 Å². The number of rotatable bonds is 6. The maximum atomic E-state index is 14.6. The molecular weight excluding hydrogens is 389 g/mol. The molecule has 0 radical (unpaired) electrons. The first-order valence-corrected chi connectivity index (χ1v) is 10.9. The number of anilines is 1. The van der Waals surface area contributed by atoms with Gasteiger partial charge in [-0.3, -0.25) is 9.59 Å². The molecule has 1 amide bonds. The van der Waals surface area contributed by atoms with E-state index in [2.05, 4.69) is 15.0 Å². The number of aryl methyl sites for hydroxylation is 2. The van der Waals surface area contributed by atoms with Gasteiger partial charge >= 0.3 is 0 Å². The number of hydrogen-bond acceptors (Lipinski definition) is 5. The number of nitrogens with one attached hydrogen (secondary N) is 2. The summed E-state index contributed by atoms with van der Waals surface area (Å²) >= 11 is 1.41. The molecule has 2 atom stereocenters. The van der Waals surface area contributed by atoms with Crippen LogP contribution in [-0.4, -0.2) is 22.9 Å². The van der Waals surface area contributed by atoms with Crippen molar-refractivity contribution in [2.75, 3.05) is 11.0 Å². The number of fused-ring (bicyclic) bond motifs is 1. The largest absolute Gasteiger partial charge is 0.349 e. The fraction of sp³-hybridized carbons (Fsp3) is 0.409. The monoisotopic (exact) mass is 415 g/mol. The average molecular weight is 416 g/mol. The van der Waals surface area contributed by atoms with Gasteiger partial charge in [0.05, 0.1) is 6.04 Å². The number of carbonyl (C=O) groups is 2. The van der Waals surface area contributed by atoms with E-state index in [9.17, 15) is 14.0 Å². The van der Waals surface area contributed by atoms with Crippen molar-refractivity contribution in [3.63, 3.8) is 0 Å². The smallest absolute Gasteiger partial charge is 0.223 e. The van der Waals surface area contributed by atoms with Gasteiger partial charge in [-0.25, -0.2) is 9.37 Å². The van der Waals surface area contributed by atoms with Crippen molar-refractivity contribution < 1.29 is 14.0 Å². The van der Waals surface area contributed by atoms with Crippen LogP contribution in [0.2, 0.25) is 0 Å². The van der Waals surface area contributed by atoms with Crippen LogP contribution in [-0.2, 0) is 17.6 Å². The van der Waals surface area contributed by atoms with E-state index in [4.69, 9.17) is 0 Å². The Morgan fingerprint density at radius 2 is 2.07 bits per heavy atom. The third-order valence-electron chi connectivity index (χ3n) is 5.38. The first-order valence-electron chi connectivity index (χ1n) is 9.69. The van der Waals surface area contributed by atoms with Gasteiger partial charge in [0, 0.05) is 36.0 Å². The zero-order valence-corrected chi connectivity index (χ0v) is 18.0. The molecule has 1 aromatic carbocycles. The highest BCUT2D eigenvalue weighted by molar-refractivity contribution is 7.99. The van der Waals surface area contributed by atoms with Crippen LogP contribution in [0.3, 0.4) is 0 Å².